The molecule has 1 saturated heterocycles. The van der Waals surface area contributed by atoms with Crippen LogP contribution in [0.4, 0.5) is 4.79 Å². The molecule has 0 aromatic carbocycles. The van der Waals surface area contributed by atoms with Crippen LogP contribution in [-0.4, -0.2) is 40.9 Å². The molecule has 0 bridgehead atoms. The highest BCUT2D eigenvalue weighted by atomic mass is 32.1. The highest BCUT2D eigenvalue weighted by Crippen LogP contribution is 2.48. The van der Waals surface area contributed by atoms with E-state index in [1.165, 1.54) is 15.3 Å². The van der Waals surface area contributed by atoms with Crippen molar-refractivity contribution < 1.29 is 19.4 Å². The number of rotatable bonds is 1. The monoisotopic (exact) mass is 367 g/mol. The molecule has 0 radical (unpaired) electrons. The Labute approximate surface area is 153 Å². The number of amides is 1. The first-order chi connectivity index (χ1) is 11.7. The van der Waals surface area contributed by atoms with Crippen LogP contribution in [0.15, 0.2) is 0 Å². The predicted molar refractivity (Wildman–Crippen MR) is 97.9 cm³/mol. The molecule has 6 heteroatoms. The molecule has 1 aromatic heterocycles. The molecule has 5 nitrogen and oxygen atoms in total. The number of aliphatic hydroxyl groups is 1. The van der Waals surface area contributed by atoms with E-state index in [0.717, 1.165) is 24.8 Å². The normalized spacial score (nSPS) is 26.6. The van der Waals surface area contributed by atoms with Crippen LogP contribution in [-0.2, 0) is 28.1 Å². The molecular formula is C19H29NO4S. The standard InChI is InChI=1S/C19H29NO4S/c1-12-10-19(7-8-20(12)17(22)24-18(3,4)5)16-14(6-9-23-19)15(11-21)13(2)25-16/h12,21H,6-11H2,1-5H3. The minimum Gasteiger partial charge on any atom is -0.444 e. The summed E-state index contributed by atoms with van der Waals surface area (Å²) in [5.74, 6) is 0. The van der Waals surface area contributed by atoms with E-state index in [0.29, 0.717) is 13.2 Å². The molecule has 0 saturated carbocycles. The molecular weight excluding hydrogens is 338 g/mol. The fourth-order valence-corrected chi connectivity index (χ4v) is 5.41. The van der Waals surface area contributed by atoms with Crippen LogP contribution in [0, 0.1) is 6.92 Å². The van der Waals surface area contributed by atoms with Crippen LogP contribution in [0.25, 0.3) is 0 Å². The van der Waals surface area contributed by atoms with Gasteiger partial charge in [0.15, 0.2) is 0 Å². The summed E-state index contributed by atoms with van der Waals surface area (Å²) in [6.45, 7) is 11.2. The highest BCUT2D eigenvalue weighted by Gasteiger charge is 2.47. The highest BCUT2D eigenvalue weighted by molar-refractivity contribution is 7.12. The summed E-state index contributed by atoms with van der Waals surface area (Å²) >= 11 is 1.75. The van der Waals surface area contributed by atoms with Gasteiger partial charge in [-0.3, -0.25) is 0 Å². The lowest BCUT2D eigenvalue weighted by Crippen LogP contribution is -2.53. The number of ether oxygens (including phenoxy) is 2. The van der Waals surface area contributed by atoms with Crippen molar-refractivity contribution in [2.45, 2.75) is 77.7 Å². The van der Waals surface area contributed by atoms with Gasteiger partial charge in [0.2, 0.25) is 0 Å². The predicted octanol–water partition coefficient (Wildman–Crippen LogP) is 3.74. The van der Waals surface area contributed by atoms with Crippen molar-refractivity contribution in [2.75, 3.05) is 13.2 Å². The largest absolute Gasteiger partial charge is 0.444 e. The Hall–Kier alpha value is -1.11. The van der Waals surface area contributed by atoms with Crippen molar-refractivity contribution in [3.05, 3.63) is 20.9 Å². The van der Waals surface area contributed by atoms with E-state index >= 15 is 0 Å². The number of hydrogen-bond acceptors (Lipinski definition) is 5. The van der Waals surface area contributed by atoms with Crippen LogP contribution in [0.2, 0.25) is 0 Å². The first-order valence-electron chi connectivity index (χ1n) is 9.03. The summed E-state index contributed by atoms with van der Waals surface area (Å²) in [4.78, 5) is 16.7. The van der Waals surface area contributed by atoms with Gasteiger partial charge < -0.3 is 19.5 Å². The molecule has 2 aliphatic heterocycles. The number of aryl methyl sites for hydroxylation is 1. The quantitative estimate of drug-likeness (QED) is 0.821. The van der Waals surface area contributed by atoms with Crippen molar-refractivity contribution in [3.63, 3.8) is 0 Å². The second-order valence-corrected chi connectivity index (χ2v) is 9.40. The maximum Gasteiger partial charge on any atom is 0.410 e. The van der Waals surface area contributed by atoms with Gasteiger partial charge in [0.1, 0.15) is 11.2 Å². The topological polar surface area (TPSA) is 59.0 Å². The summed E-state index contributed by atoms with van der Waals surface area (Å²) < 4.78 is 11.8. The summed E-state index contributed by atoms with van der Waals surface area (Å²) in [6.07, 6.45) is 2.16. The molecule has 3 rings (SSSR count). The van der Waals surface area contributed by atoms with Gasteiger partial charge in [0.25, 0.3) is 0 Å². The smallest absolute Gasteiger partial charge is 0.410 e. The van der Waals surface area contributed by atoms with Gasteiger partial charge in [0.05, 0.1) is 13.2 Å². The number of carbonyl (C=O) groups is 1. The number of thiophene rings is 1. The number of piperidine rings is 1. The number of hydrogen-bond donors (Lipinski definition) is 1. The number of nitrogens with zero attached hydrogens (tertiary/aromatic N) is 1. The fraction of sp³-hybridized carbons (Fsp3) is 0.737. The molecule has 1 spiro atoms. The van der Waals surface area contributed by atoms with Crippen molar-refractivity contribution in [1.29, 1.82) is 0 Å². The third kappa shape index (κ3) is 3.44. The molecule has 1 fully saturated rings. The maximum atomic E-state index is 12.5. The Bertz CT molecular complexity index is 663. The van der Waals surface area contributed by atoms with Crippen LogP contribution < -0.4 is 0 Å². The molecule has 3 heterocycles. The molecule has 2 unspecified atom stereocenters. The van der Waals surface area contributed by atoms with Gasteiger partial charge >= 0.3 is 6.09 Å². The van der Waals surface area contributed by atoms with Crippen LogP contribution in [0.1, 0.15) is 61.4 Å². The van der Waals surface area contributed by atoms with Gasteiger partial charge in [0, 0.05) is 28.8 Å². The molecule has 1 aromatic rings. The molecule has 140 valence electrons. The van der Waals surface area contributed by atoms with Crippen molar-refractivity contribution in [3.8, 4) is 0 Å². The molecule has 2 aliphatic rings. The molecule has 1 amide bonds. The summed E-state index contributed by atoms with van der Waals surface area (Å²) in [6, 6.07) is 0.0505. The number of fused-ring (bicyclic) bond motifs is 2. The summed E-state index contributed by atoms with van der Waals surface area (Å²) in [7, 11) is 0. The lowest BCUT2D eigenvalue weighted by atomic mass is 9.81. The second kappa shape index (κ2) is 6.56. The Kier molecular flexibility index (Phi) is 4.90. The zero-order valence-corrected chi connectivity index (χ0v) is 16.7. The fourth-order valence-electron chi connectivity index (χ4n) is 4.02. The Morgan fingerprint density at radius 3 is 2.80 bits per heavy atom. The SMILES string of the molecule is Cc1sc2c(c1CO)CCOC21CCN(C(=O)OC(C)(C)C)C(C)C1. The van der Waals surface area contributed by atoms with Crippen molar-refractivity contribution >= 4 is 17.4 Å². The minimum atomic E-state index is -0.485. The number of aliphatic hydroxyl groups excluding tert-OH is 1. The zero-order valence-electron chi connectivity index (χ0n) is 15.8. The Morgan fingerprint density at radius 1 is 1.48 bits per heavy atom. The third-order valence-electron chi connectivity index (χ3n) is 5.16. The van der Waals surface area contributed by atoms with Crippen molar-refractivity contribution in [1.82, 2.24) is 4.90 Å². The van der Waals surface area contributed by atoms with Crippen LogP contribution >= 0.6 is 11.3 Å². The van der Waals surface area contributed by atoms with Gasteiger partial charge in [-0.1, -0.05) is 0 Å². The number of likely N-dealkylation sites (tertiary alicyclic amines) is 1. The van der Waals surface area contributed by atoms with Gasteiger partial charge in [-0.25, -0.2) is 4.79 Å². The molecule has 0 aliphatic carbocycles. The Balaban J connectivity index is 1.83. The van der Waals surface area contributed by atoms with Gasteiger partial charge in [-0.05, 0) is 58.6 Å². The molecule has 1 N–H and O–H groups in total. The van der Waals surface area contributed by atoms with Crippen LogP contribution in [0.3, 0.4) is 0 Å². The second-order valence-electron chi connectivity index (χ2n) is 8.17. The summed E-state index contributed by atoms with van der Waals surface area (Å²) in [5, 5.41) is 9.72. The average molecular weight is 368 g/mol. The van der Waals surface area contributed by atoms with E-state index in [-0.39, 0.29) is 24.3 Å². The van der Waals surface area contributed by atoms with E-state index in [1.54, 1.807) is 11.3 Å². The summed E-state index contributed by atoms with van der Waals surface area (Å²) in [5.41, 5.74) is 1.54. The molecule has 25 heavy (non-hydrogen) atoms. The lowest BCUT2D eigenvalue weighted by molar-refractivity contribution is -0.108. The zero-order chi connectivity index (χ0) is 18.4. The van der Waals surface area contributed by atoms with E-state index in [2.05, 4.69) is 13.8 Å². The lowest BCUT2D eigenvalue weighted by Gasteiger charge is -2.47. The Morgan fingerprint density at radius 2 is 2.20 bits per heavy atom. The van der Waals surface area contributed by atoms with Crippen LogP contribution in [0.5, 0.6) is 0 Å². The molecule has 2 atom stereocenters. The van der Waals surface area contributed by atoms with E-state index in [1.807, 2.05) is 25.7 Å². The van der Waals surface area contributed by atoms with E-state index < -0.39 is 5.60 Å². The van der Waals surface area contributed by atoms with Gasteiger partial charge in [-0.2, -0.15) is 0 Å². The third-order valence-corrected chi connectivity index (χ3v) is 6.54. The number of carbonyl (C=O) groups excluding carboxylic acids is 1. The van der Waals surface area contributed by atoms with E-state index in [9.17, 15) is 9.90 Å². The van der Waals surface area contributed by atoms with E-state index in [4.69, 9.17) is 9.47 Å². The first-order valence-corrected chi connectivity index (χ1v) is 9.84. The van der Waals surface area contributed by atoms with Crippen molar-refractivity contribution in [2.24, 2.45) is 0 Å². The maximum absolute atomic E-state index is 12.5. The first kappa shape index (κ1) is 18.7. The minimum absolute atomic E-state index is 0.0505. The average Bonchev–Trinajstić information content (AvgIpc) is 2.82. The van der Waals surface area contributed by atoms with Gasteiger partial charge in [-0.15, -0.1) is 11.3 Å².